The molecule has 0 aliphatic carbocycles. The van der Waals surface area contributed by atoms with Crippen LogP contribution in [0.4, 0.5) is 5.82 Å². The van der Waals surface area contributed by atoms with Gasteiger partial charge in [0.2, 0.25) is 0 Å². The van der Waals surface area contributed by atoms with E-state index < -0.39 is 0 Å². The van der Waals surface area contributed by atoms with Crippen LogP contribution in [0.1, 0.15) is 24.4 Å². The lowest BCUT2D eigenvalue weighted by Crippen LogP contribution is -2.23. The molecule has 0 radical (unpaired) electrons. The van der Waals surface area contributed by atoms with Crippen LogP contribution in [0.5, 0.6) is 0 Å². The highest BCUT2D eigenvalue weighted by atomic mass is 79.9. The second kappa shape index (κ2) is 5.15. The summed E-state index contributed by atoms with van der Waals surface area (Å²) >= 11 is 3.40. The molecule has 1 aliphatic heterocycles. The predicted molar refractivity (Wildman–Crippen MR) is 86.5 cm³/mol. The average molecular weight is 343 g/mol. The van der Waals surface area contributed by atoms with Crippen molar-refractivity contribution in [2.24, 2.45) is 0 Å². The Morgan fingerprint density at radius 2 is 2.00 bits per heavy atom. The molecule has 2 aromatic heterocycles. The van der Waals surface area contributed by atoms with Gasteiger partial charge in [0, 0.05) is 18.8 Å². The van der Waals surface area contributed by atoms with E-state index in [0.717, 1.165) is 22.6 Å². The molecular formula is C16H15BrN4. The van der Waals surface area contributed by atoms with Gasteiger partial charge in [-0.3, -0.25) is 0 Å². The van der Waals surface area contributed by atoms with Crippen molar-refractivity contribution in [1.82, 2.24) is 14.6 Å². The molecular weight excluding hydrogens is 328 g/mol. The van der Waals surface area contributed by atoms with Crippen LogP contribution in [0.2, 0.25) is 0 Å². The number of aromatic nitrogens is 3. The SMILES string of the molecule is Brc1cc2nc(N3CCCC3c3ccccc3)ccn2n1. The third-order valence-electron chi connectivity index (χ3n) is 4.01. The molecule has 0 N–H and O–H groups in total. The lowest BCUT2D eigenvalue weighted by molar-refractivity contribution is 0.710. The molecule has 1 aromatic carbocycles. The van der Waals surface area contributed by atoms with E-state index in [-0.39, 0.29) is 0 Å². The molecule has 0 bridgehead atoms. The molecule has 5 heteroatoms. The van der Waals surface area contributed by atoms with Crippen LogP contribution < -0.4 is 4.90 Å². The van der Waals surface area contributed by atoms with Crippen LogP contribution >= 0.6 is 15.9 Å². The zero-order chi connectivity index (χ0) is 14.2. The van der Waals surface area contributed by atoms with Crippen LogP contribution in [0.25, 0.3) is 5.65 Å². The minimum atomic E-state index is 0.424. The highest BCUT2D eigenvalue weighted by Gasteiger charge is 2.27. The van der Waals surface area contributed by atoms with Gasteiger partial charge in [0.25, 0.3) is 0 Å². The minimum absolute atomic E-state index is 0.424. The fraction of sp³-hybridized carbons (Fsp3) is 0.250. The molecule has 0 amide bonds. The zero-order valence-corrected chi connectivity index (χ0v) is 13.1. The summed E-state index contributed by atoms with van der Waals surface area (Å²) in [4.78, 5) is 7.15. The zero-order valence-electron chi connectivity index (χ0n) is 11.5. The van der Waals surface area contributed by atoms with Crippen molar-refractivity contribution in [2.75, 3.05) is 11.4 Å². The van der Waals surface area contributed by atoms with Gasteiger partial charge >= 0.3 is 0 Å². The molecule has 1 atom stereocenters. The van der Waals surface area contributed by atoms with Crippen molar-refractivity contribution in [3.05, 3.63) is 58.8 Å². The maximum Gasteiger partial charge on any atom is 0.158 e. The van der Waals surface area contributed by atoms with E-state index in [9.17, 15) is 0 Å². The first kappa shape index (κ1) is 12.8. The van der Waals surface area contributed by atoms with Gasteiger partial charge in [-0.1, -0.05) is 30.3 Å². The van der Waals surface area contributed by atoms with Crippen molar-refractivity contribution in [3.8, 4) is 0 Å². The van der Waals surface area contributed by atoms with E-state index in [1.165, 1.54) is 18.4 Å². The summed E-state index contributed by atoms with van der Waals surface area (Å²) in [6, 6.07) is 15.1. The van der Waals surface area contributed by atoms with Crippen molar-refractivity contribution in [2.45, 2.75) is 18.9 Å². The van der Waals surface area contributed by atoms with Crippen molar-refractivity contribution in [1.29, 1.82) is 0 Å². The van der Waals surface area contributed by atoms with E-state index >= 15 is 0 Å². The number of hydrogen-bond acceptors (Lipinski definition) is 3. The second-order valence-electron chi connectivity index (χ2n) is 5.32. The molecule has 3 heterocycles. The van der Waals surface area contributed by atoms with E-state index in [1.54, 1.807) is 4.52 Å². The summed E-state index contributed by atoms with van der Waals surface area (Å²) in [6.45, 7) is 1.05. The quantitative estimate of drug-likeness (QED) is 0.709. The maximum absolute atomic E-state index is 4.75. The van der Waals surface area contributed by atoms with Gasteiger partial charge in [0.05, 0.1) is 6.04 Å². The molecule has 0 spiro atoms. The smallest absolute Gasteiger partial charge is 0.158 e. The Kier molecular flexibility index (Phi) is 3.15. The number of anilines is 1. The first-order valence-electron chi connectivity index (χ1n) is 7.15. The van der Waals surface area contributed by atoms with Crippen molar-refractivity contribution < 1.29 is 0 Å². The third-order valence-corrected chi connectivity index (χ3v) is 4.40. The number of fused-ring (bicyclic) bond motifs is 1. The Morgan fingerprint density at radius 3 is 2.86 bits per heavy atom. The second-order valence-corrected chi connectivity index (χ2v) is 6.13. The van der Waals surface area contributed by atoms with Crippen LogP contribution in [-0.4, -0.2) is 21.1 Å². The average Bonchev–Trinajstić information content (AvgIpc) is 3.12. The lowest BCUT2D eigenvalue weighted by atomic mass is 10.0. The van der Waals surface area contributed by atoms with Gasteiger partial charge in [-0.05, 0) is 40.4 Å². The summed E-state index contributed by atoms with van der Waals surface area (Å²) < 4.78 is 2.61. The number of hydrogen-bond donors (Lipinski definition) is 0. The van der Waals surface area contributed by atoms with Gasteiger partial charge in [0.15, 0.2) is 5.65 Å². The van der Waals surface area contributed by atoms with Crippen LogP contribution in [-0.2, 0) is 0 Å². The Hall–Kier alpha value is -1.88. The fourth-order valence-corrected chi connectivity index (χ4v) is 3.44. The summed E-state index contributed by atoms with van der Waals surface area (Å²) in [5.74, 6) is 1.03. The Morgan fingerprint density at radius 1 is 1.14 bits per heavy atom. The number of nitrogens with zero attached hydrogens (tertiary/aromatic N) is 4. The number of benzene rings is 1. The van der Waals surface area contributed by atoms with E-state index in [1.807, 2.05) is 18.3 Å². The molecule has 3 aromatic rings. The Balaban J connectivity index is 1.72. The normalized spacial score (nSPS) is 18.5. The van der Waals surface area contributed by atoms with Gasteiger partial charge in [0.1, 0.15) is 10.4 Å². The number of rotatable bonds is 2. The predicted octanol–water partition coefficient (Wildman–Crippen LogP) is 3.83. The molecule has 21 heavy (non-hydrogen) atoms. The largest absolute Gasteiger partial charge is 0.349 e. The van der Waals surface area contributed by atoms with E-state index in [0.29, 0.717) is 6.04 Å². The molecule has 4 nitrogen and oxygen atoms in total. The molecule has 1 saturated heterocycles. The van der Waals surface area contributed by atoms with Gasteiger partial charge in [-0.15, -0.1) is 0 Å². The third kappa shape index (κ3) is 2.31. The lowest BCUT2D eigenvalue weighted by Gasteiger charge is -2.26. The van der Waals surface area contributed by atoms with Gasteiger partial charge < -0.3 is 4.90 Å². The van der Waals surface area contributed by atoms with Crippen molar-refractivity contribution in [3.63, 3.8) is 0 Å². The van der Waals surface area contributed by atoms with Crippen LogP contribution in [0.15, 0.2) is 53.3 Å². The molecule has 1 fully saturated rings. The summed E-state index contributed by atoms with van der Waals surface area (Å²) in [5.41, 5.74) is 2.24. The minimum Gasteiger partial charge on any atom is -0.349 e. The Labute approximate surface area is 131 Å². The topological polar surface area (TPSA) is 33.4 Å². The maximum atomic E-state index is 4.75. The molecule has 1 unspecified atom stereocenters. The molecule has 0 saturated carbocycles. The summed E-state index contributed by atoms with van der Waals surface area (Å²) in [6.07, 6.45) is 4.36. The first-order chi connectivity index (χ1) is 10.3. The van der Waals surface area contributed by atoms with Gasteiger partial charge in [-0.2, -0.15) is 5.10 Å². The summed E-state index contributed by atoms with van der Waals surface area (Å²) in [5, 5.41) is 4.31. The highest BCUT2D eigenvalue weighted by Crippen LogP contribution is 2.35. The van der Waals surface area contributed by atoms with E-state index in [4.69, 9.17) is 4.98 Å². The number of halogens is 1. The monoisotopic (exact) mass is 342 g/mol. The highest BCUT2D eigenvalue weighted by molar-refractivity contribution is 9.10. The fourth-order valence-electron chi connectivity index (χ4n) is 3.06. The first-order valence-corrected chi connectivity index (χ1v) is 7.94. The van der Waals surface area contributed by atoms with Crippen LogP contribution in [0, 0.1) is 0 Å². The molecule has 1 aliphatic rings. The standard InChI is InChI=1S/C16H15BrN4/c17-14-11-16-18-15(8-10-21(16)19-14)20-9-4-7-13(20)12-5-2-1-3-6-12/h1-3,5-6,8,10-11,13H,4,7,9H2. The van der Waals surface area contributed by atoms with Gasteiger partial charge in [-0.25, -0.2) is 9.50 Å². The van der Waals surface area contributed by atoms with Crippen LogP contribution in [0.3, 0.4) is 0 Å². The molecule has 106 valence electrons. The molecule has 4 rings (SSSR count). The Bertz CT molecular complexity index is 768. The van der Waals surface area contributed by atoms with E-state index in [2.05, 4.69) is 56.3 Å². The van der Waals surface area contributed by atoms with Crippen molar-refractivity contribution >= 4 is 27.4 Å². The summed E-state index contributed by atoms with van der Waals surface area (Å²) in [7, 11) is 0.